The van der Waals surface area contributed by atoms with Crippen LogP contribution < -0.4 is 5.32 Å². The van der Waals surface area contributed by atoms with E-state index in [1.807, 2.05) is 26.0 Å². The van der Waals surface area contributed by atoms with Crippen LogP contribution in [0, 0.1) is 6.92 Å². The number of phenols is 2. The van der Waals surface area contributed by atoms with Gasteiger partial charge >= 0.3 is 6.18 Å². The van der Waals surface area contributed by atoms with Crippen LogP contribution in [-0.2, 0) is 12.6 Å². The lowest BCUT2D eigenvalue weighted by atomic mass is 9.89. The summed E-state index contributed by atoms with van der Waals surface area (Å²) >= 11 is 0. The molecule has 0 aliphatic heterocycles. The Labute approximate surface area is 209 Å². The van der Waals surface area contributed by atoms with Gasteiger partial charge < -0.3 is 15.5 Å². The van der Waals surface area contributed by atoms with Gasteiger partial charge in [-0.15, -0.1) is 0 Å². The van der Waals surface area contributed by atoms with Crippen LogP contribution in [0.15, 0.2) is 55.1 Å². The molecule has 0 atom stereocenters. The van der Waals surface area contributed by atoms with Gasteiger partial charge in [-0.3, -0.25) is 4.79 Å². The lowest BCUT2D eigenvalue weighted by molar-refractivity contribution is -0.137. The molecule has 0 aliphatic rings. The van der Waals surface area contributed by atoms with Crippen molar-refractivity contribution < 1.29 is 28.2 Å². The van der Waals surface area contributed by atoms with E-state index in [0.29, 0.717) is 28.7 Å². The molecule has 0 fully saturated rings. The minimum Gasteiger partial charge on any atom is -0.507 e. The maximum absolute atomic E-state index is 13.4. The van der Waals surface area contributed by atoms with Crippen molar-refractivity contribution in [2.45, 2.75) is 52.6 Å². The molecule has 3 aromatic carbocycles. The number of hydrogen-bond acceptors (Lipinski definition) is 3. The Morgan fingerprint density at radius 3 is 2.28 bits per heavy atom. The summed E-state index contributed by atoms with van der Waals surface area (Å²) in [5, 5.41) is 24.9. The first-order valence-electron chi connectivity index (χ1n) is 11.8. The predicted octanol–water partition coefficient (Wildman–Crippen LogP) is 8.11. The van der Waals surface area contributed by atoms with E-state index < -0.39 is 17.6 Å². The monoisotopic (exact) mass is 497 g/mol. The van der Waals surface area contributed by atoms with Crippen LogP contribution in [0.3, 0.4) is 0 Å². The fourth-order valence-electron chi connectivity index (χ4n) is 4.16. The van der Waals surface area contributed by atoms with Gasteiger partial charge in [0.05, 0.1) is 16.7 Å². The Hall–Kier alpha value is -3.74. The van der Waals surface area contributed by atoms with Crippen LogP contribution in [0.4, 0.5) is 18.9 Å². The number of amides is 1. The van der Waals surface area contributed by atoms with E-state index in [1.54, 1.807) is 13.0 Å². The Kier molecular flexibility index (Phi) is 8.13. The number of rotatable bonds is 8. The normalized spacial score (nSPS) is 11.4. The van der Waals surface area contributed by atoms with Crippen molar-refractivity contribution in [3.8, 4) is 22.6 Å². The minimum atomic E-state index is -4.49. The SMILES string of the molecule is C=C(C)c1ccc(C)cc1-c1c(O)cc(CCCCC)c(C(=O)Nc2ccc(C(F)(F)F)cc2)c1O. The van der Waals surface area contributed by atoms with E-state index in [0.717, 1.165) is 49.1 Å². The molecule has 0 aliphatic carbocycles. The Bertz CT molecular complexity index is 1280. The lowest BCUT2D eigenvalue weighted by Gasteiger charge is -2.19. The number of halogens is 3. The van der Waals surface area contributed by atoms with Gasteiger partial charge in [0.1, 0.15) is 11.5 Å². The number of aryl methyl sites for hydroxylation is 2. The molecule has 0 bridgehead atoms. The lowest BCUT2D eigenvalue weighted by Crippen LogP contribution is -2.15. The second-order valence-corrected chi connectivity index (χ2v) is 8.97. The van der Waals surface area contributed by atoms with Gasteiger partial charge in [0.25, 0.3) is 5.91 Å². The summed E-state index contributed by atoms with van der Waals surface area (Å²) in [5.41, 5.74) is 2.70. The molecule has 0 aromatic heterocycles. The van der Waals surface area contributed by atoms with E-state index in [4.69, 9.17) is 0 Å². The maximum atomic E-state index is 13.4. The Morgan fingerprint density at radius 2 is 1.69 bits per heavy atom. The number of unbranched alkanes of at least 4 members (excludes halogenated alkanes) is 2. The van der Waals surface area contributed by atoms with E-state index >= 15 is 0 Å². The second kappa shape index (κ2) is 10.9. The fourth-order valence-corrected chi connectivity index (χ4v) is 4.16. The standard InChI is InChI=1S/C29H30F3NO3/c1-5-6-7-8-19-16-24(34)26(23-15-18(4)9-14-22(23)17(2)3)27(35)25(19)28(36)33-21-12-10-20(11-13-21)29(30,31)32/h9-16,34-35H,2,5-8H2,1,3-4H3,(H,33,36). The molecule has 190 valence electrons. The number of alkyl halides is 3. The summed E-state index contributed by atoms with van der Waals surface area (Å²) in [5.74, 6) is -1.23. The molecule has 0 saturated heterocycles. The first-order chi connectivity index (χ1) is 16.9. The first-order valence-corrected chi connectivity index (χ1v) is 11.8. The molecular formula is C29H30F3NO3. The molecule has 0 unspecified atom stereocenters. The van der Waals surface area contributed by atoms with Crippen molar-refractivity contribution in [3.05, 3.63) is 82.9 Å². The molecule has 36 heavy (non-hydrogen) atoms. The zero-order chi connectivity index (χ0) is 26.6. The van der Waals surface area contributed by atoms with Crippen LogP contribution in [0.1, 0.15) is 65.7 Å². The summed E-state index contributed by atoms with van der Waals surface area (Å²) < 4.78 is 38.7. The number of nitrogens with one attached hydrogen (secondary N) is 1. The number of aromatic hydroxyl groups is 2. The highest BCUT2D eigenvalue weighted by atomic mass is 19.4. The summed E-state index contributed by atoms with van der Waals surface area (Å²) in [7, 11) is 0. The van der Waals surface area contributed by atoms with Crippen molar-refractivity contribution in [2.75, 3.05) is 5.32 Å². The molecular weight excluding hydrogens is 467 g/mol. The van der Waals surface area contributed by atoms with Crippen molar-refractivity contribution in [2.24, 2.45) is 0 Å². The van der Waals surface area contributed by atoms with E-state index in [9.17, 15) is 28.2 Å². The van der Waals surface area contributed by atoms with Crippen LogP contribution in [0.5, 0.6) is 11.5 Å². The fraction of sp³-hybridized carbons (Fsp3) is 0.276. The first kappa shape index (κ1) is 26.9. The predicted molar refractivity (Wildman–Crippen MR) is 137 cm³/mol. The molecule has 0 spiro atoms. The molecule has 0 saturated carbocycles. The van der Waals surface area contributed by atoms with Crippen molar-refractivity contribution in [3.63, 3.8) is 0 Å². The zero-order valence-corrected chi connectivity index (χ0v) is 20.6. The average molecular weight is 498 g/mol. The molecule has 0 heterocycles. The van der Waals surface area contributed by atoms with Gasteiger partial charge in [0.2, 0.25) is 0 Å². The highest BCUT2D eigenvalue weighted by molar-refractivity contribution is 6.09. The smallest absolute Gasteiger partial charge is 0.416 e. The number of carbonyl (C=O) groups is 1. The summed E-state index contributed by atoms with van der Waals surface area (Å²) in [6.45, 7) is 9.70. The number of allylic oxidation sites excluding steroid dienone is 1. The van der Waals surface area contributed by atoms with Crippen LogP contribution in [-0.4, -0.2) is 16.1 Å². The van der Waals surface area contributed by atoms with Gasteiger partial charge in [-0.1, -0.05) is 55.7 Å². The van der Waals surface area contributed by atoms with Crippen LogP contribution in [0.2, 0.25) is 0 Å². The quantitative estimate of drug-likeness (QED) is 0.275. The number of benzene rings is 3. The summed E-state index contributed by atoms with van der Waals surface area (Å²) in [6, 6.07) is 11.1. The van der Waals surface area contributed by atoms with Gasteiger partial charge in [0, 0.05) is 5.69 Å². The Balaban J connectivity index is 2.12. The van der Waals surface area contributed by atoms with Gasteiger partial charge in [0.15, 0.2) is 0 Å². The molecule has 4 nitrogen and oxygen atoms in total. The summed E-state index contributed by atoms with van der Waals surface area (Å²) in [4.78, 5) is 13.4. The molecule has 7 heteroatoms. The van der Waals surface area contributed by atoms with Gasteiger partial charge in [-0.25, -0.2) is 0 Å². The molecule has 3 aromatic rings. The molecule has 0 radical (unpaired) electrons. The number of phenolic OH excluding ortho intramolecular Hbond substituents is 2. The van der Waals surface area contributed by atoms with Crippen LogP contribution >= 0.6 is 0 Å². The minimum absolute atomic E-state index is 0.0204. The topological polar surface area (TPSA) is 69.6 Å². The maximum Gasteiger partial charge on any atom is 0.416 e. The second-order valence-electron chi connectivity index (χ2n) is 8.97. The van der Waals surface area contributed by atoms with Crippen LogP contribution in [0.25, 0.3) is 16.7 Å². The third-order valence-electron chi connectivity index (χ3n) is 6.01. The van der Waals surface area contributed by atoms with E-state index in [-0.39, 0.29) is 28.3 Å². The third kappa shape index (κ3) is 5.90. The van der Waals surface area contributed by atoms with Crippen molar-refractivity contribution in [1.82, 2.24) is 0 Å². The summed E-state index contributed by atoms with van der Waals surface area (Å²) in [6.07, 6.45) is -1.49. The van der Waals surface area contributed by atoms with Gasteiger partial charge in [-0.05, 0) is 73.7 Å². The van der Waals surface area contributed by atoms with E-state index in [1.165, 1.54) is 6.07 Å². The highest BCUT2D eigenvalue weighted by Gasteiger charge is 2.30. The Morgan fingerprint density at radius 1 is 1.03 bits per heavy atom. The van der Waals surface area contributed by atoms with E-state index in [2.05, 4.69) is 11.9 Å². The average Bonchev–Trinajstić information content (AvgIpc) is 2.78. The van der Waals surface area contributed by atoms with Crippen molar-refractivity contribution in [1.29, 1.82) is 0 Å². The largest absolute Gasteiger partial charge is 0.507 e. The van der Waals surface area contributed by atoms with Gasteiger partial charge in [-0.2, -0.15) is 13.2 Å². The molecule has 3 rings (SSSR count). The number of hydrogen-bond donors (Lipinski definition) is 3. The highest BCUT2D eigenvalue weighted by Crippen LogP contribution is 2.45. The number of anilines is 1. The number of carbonyl (C=O) groups excluding carboxylic acids is 1. The molecule has 3 N–H and O–H groups in total. The van der Waals surface area contributed by atoms with Crippen molar-refractivity contribution >= 4 is 17.2 Å². The molecule has 1 amide bonds. The third-order valence-corrected chi connectivity index (χ3v) is 6.01. The zero-order valence-electron chi connectivity index (χ0n) is 20.6.